The number of aromatic nitrogens is 1. The van der Waals surface area contributed by atoms with E-state index in [4.69, 9.17) is 14.7 Å². The Morgan fingerprint density at radius 1 is 0.806 bits per heavy atom. The first-order valence-corrected chi connectivity index (χ1v) is 12.8. The van der Waals surface area contributed by atoms with Gasteiger partial charge in [-0.2, -0.15) is 0 Å². The van der Waals surface area contributed by atoms with Gasteiger partial charge in [0.2, 0.25) is 0 Å². The van der Waals surface area contributed by atoms with E-state index in [1.807, 2.05) is 18.2 Å². The van der Waals surface area contributed by atoms with Gasteiger partial charge in [-0.3, -0.25) is 0 Å². The van der Waals surface area contributed by atoms with Crippen LogP contribution in [-0.2, 0) is 4.74 Å². The van der Waals surface area contributed by atoms with Crippen LogP contribution in [0, 0.1) is 5.82 Å². The largest absolute Gasteiger partial charge is 0.378 e. The monoisotopic (exact) mass is 493 g/mol. The summed E-state index contributed by atoms with van der Waals surface area (Å²) in [5, 5.41) is 3.98. The number of aliphatic imine (C=N–C) groups is 1. The van der Waals surface area contributed by atoms with Crippen LogP contribution in [0.1, 0.15) is 5.56 Å². The van der Waals surface area contributed by atoms with Crippen LogP contribution < -0.4 is 0 Å². The zero-order valence-corrected chi connectivity index (χ0v) is 20.4. The number of halogens is 1. The normalized spacial score (nSPS) is 14.4. The second-order valence-corrected chi connectivity index (χ2v) is 9.58. The van der Waals surface area contributed by atoms with E-state index < -0.39 is 0 Å². The van der Waals surface area contributed by atoms with Crippen molar-refractivity contribution in [1.29, 1.82) is 0 Å². The highest BCUT2D eigenvalue weighted by atomic mass is 32.1. The van der Waals surface area contributed by atoms with Crippen LogP contribution in [0.5, 0.6) is 0 Å². The lowest BCUT2D eigenvalue weighted by molar-refractivity contribution is 0.0683. The number of rotatable bonds is 4. The number of thiazole rings is 1. The SMILES string of the molecule is Fc1ccc(-c2nc(-c3ccccc3)c(N=C(c3cccc4ccccc34)N3CCOCC3)s2)cc1. The topological polar surface area (TPSA) is 37.7 Å². The molecule has 0 bridgehead atoms. The maximum atomic E-state index is 13.6. The van der Waals surface area contributed by atoms with E-state index in [9.17, 15) is 4.39 Å². The van der Waals surface area contributed by atoms with Gasteiger partial charge in [-0.15, -0.1) is 0 Å². The summed E-state index contributed by atoms with van der Waals surface area (Å²) in [6.45, 7) is 2.87. The smallest absolute Gasteiger partial charge is 0.146 e. The van der Waals surface area contributed by atoms with Gasteiger partial charge in [0.25, 0.3) is 0 Å². The van der Waals surface area contributed by atoms with Crippen LogP contribution in [0.15, 0.2) is 102 Å². The summed E-state index contributed by atoms with van der Waals surface area (Å²) in [6.07, 6.45) is 0. The Labute approximate surface area is 213 Å². The standard InChI is InChI=1S/C30H24FN3OS/c31-24-15-13-23(14-16-24)29-32-27(22-8-2-1-3-9-22)30(36-29)33-28(34-17-19-35-20-18-34)26-12-6-10-21-7-4-5-11-25(21)26/h1-16H,17-20H2. The molecule has 0 aliphatic carbocycles. The molecular formula is C30H24FN3OS. The lowest BCUT2D eigenvalue weighted by Gasteiger charge is -2.30. The third kappa shape index (κ3) is 4.53. The van der Waals surface area contributed by atoms with Gasteiger partial charge in [0.1, 0.15) is 27.4 Å². The predicted molar refractivity (Wildman–Crippen MR) is 145 cm³/mol. The molecule has 4 nitrogen and oxygen atoms in total. The Morgan fingerprint density at radius 3 is 2.33 bits per heavy atom. The van der Waals surface area contributed by atoms with Crippen LogP contribution in [-0.4, -0.2) is 42.0 Å². The van der Waals surface area contributed by atoms with Crippen molar-refractivity contribution in [3.8, 4) is 21.8 Å². The number of nitrogens with zero attached hydrogens (tertiary/aromatic N) is 3. The Hall–Kier alpha value is -3.87. The van der Waals surface area contributed by atoms with Gasteiger partial charge in [0.15, 0.2) is 0 Å². The molecule has 1 aromatic heterocycles. The summed E-state index contributed by atoms with van der Waals surface area (Å²) in [5.74, 6) is 0.656. The maximum Gasteiger partial charge on any atom is 0.146 e. The van der Waals surface area contributed by atoms with Crippen LogP contribution in [0.2, 0.25) is 0 Å². The number of hydrogen-bond donors (Lipinski definition) is 0. The van der Waals surface area contributed by atoms with E-state index in [2.05, 4.69) is 59.5 Å². The van der Waals surface area contributed by atoms with Crippen molar-refractivity contribution in [2.24, 2.45) is 4.99 Å². The first-order valence-electron chi connectivity index (χ1n) is 12.0. The number of fused-ring (bicyclic) bond motifs is 1. The summed E-state index contributed by atoms with van der Waals surface area (Å²) in [7, 11) is 0. The van der Waals surface area contributed by atoms with Gasteiger partial charge in [0, 0.05) is 29.8 Å². The molecule has 4 aromatic carbocycles. The maximum absolute atomic E-state index is 13.6. The van der Waals surface area contributed by atoms with Gasteiger partial charge in [-0.05, 0) is 35.0 Å². The quantitative estimate of drug-likeness (QED) is 0.197. The molecule has 6 rings (SSSR count). The highest BCUT2D eigenvalue weighted by molar-refractivity contribution is 7.19. The molecule has 0 amide bonds. The second-order valence-electron chi connectivity index (χ2n) is 8.61. The van der Waals surface area contributed by atoms with E-state index in [1.54, 1.807) is 12.1 Å². The van der Waals surface area contributed by atoms with Gasteiger partial charge in [-0.1, -0.05) is 84.1 Å². The van der Waals surface area contributed by atoms with Crippen molar-refractivity contribution in [1.82, 2.24) is 9.88 Å². The summed E-state index contributed by atoms with van der Waals surface area (Å²) in [6, 6.07) is 31.3. The molecule has 0 N–H and O–H groups in total. The van der Waals surface area contributed by atoms with E-state index in [0.717, 1.165) is 56.7 Å². The fourth-order valence-corrected chi connectivity index (χ4v) is 5.45. The van der Waals surface area contributed by atoms with Crippen LogP contribution in [0.4, 0.5) is 9.39 Å². The average molecular weight is 494 g/mol. The van der Waals surface area contributed by atoms with E-state index in [-0.39, 0.29) is 5.82 Å². The first kappa shape index (κ1) is 22.6. The van der Waals surface area contributed by atoms with Crippen molar-refractivity contribution in [2.75, 3.05) is 26.3 Å². The number of hydrogen-bond acceptors (Lipinski definition) is 4. The van der Waals surface area contributed by atoms with Gasteiger partial charge in [-0.25, -0.2) is 14.4 Å². The zero-order chi connectivity index (χ0) is 24.3. The molecule has 5 aromatic rings. The fraction of sp³-hybridized carbons (Fsp3) is 0.133. The number of morpholine rings is 1. The molecule has 6 heteroatoms. The lowest BCUT2D eigenvalue weighted by Crippen LogP contribution is -2.41. The number of benzene rings is 4. The van der Waals surface area contributed by atoms with Crippen LogP contribution in [0.25, 0.3) is 32.6 Å². The molecule has 0 radical (unpaired) electrons. The third-order valence-electron chi connectivity index (χ3n) is 6.30. The van der Waals surface area contributed by atoms with Gasteiger partial charge >= 0.3 is 0 Å². The molecule has 0 saturated carbocycles. The Kier molecular flexibility index (Phi) is 6.28. The second kappa shape index (κ2) is 10.0. The third-order valence-corrected chi connectivity index (χ3v) is 7.29. The Bertz CT molecular complexity index is 1520. The highest BCUT2D eigenvalue weighted by Crippen LogP contribution is 2.40. The first-order chi connectivity index (χ1) is 17.8. The number of amidine groups is 1. The summed E-state index contributed by atoms with van der Waals surface area (Å²) in [5.41, 5.74) is 3.79. The van der Waals surface area contributed by atoms with Gasteiger partial charge in [0.05, 0.1) is 13.2 Å². The molecule has 1 aliphatic heterocycles. The molecule has 178 valence electrons. The minimum absolute atomic E-state index is 0.262. The molecule has 0 atom stereocenters. The lowest BCUT2D eigenvalue weighted by atomic mass is 10.0. The number of ether oxygens (including phenoxy) is 1. The van der Waals surface area contributed by atoms with Crippen molar-refractivity contribution >= 4 is 32.9 Å². The summed E-state index contributed by atoms with van der Waals surface area (Å²) < 4.78 is 19.2. The molecule has 1 saturated heterocycles. The molecular weight excluding hydrogens is 469 g/mol. The molecule has 0 unspecified atom stereocenters. The zero-order valence-electron chi connectivity index (χ0n) is 19.6. The molecule has 1 fully saturated rings. The van der Waals surface area contributed by atoms with Crippen molar-refractivity contribution in [2.45, 2.75) is 0 Å². The van der Waals surface area contributed by atoms with Crippen LogP contribution in [0.3, 0.4) is 0 Å². The minimum Gasteiger partial charge on any atom is -0.378 e. The van der Waals surface area contributed by atoms with E-state index >= 15 is 0 Å². The molecule has 36 heavy (non-hydrogen) atoms. The molecule has 2 heterocycles. The molecule has 0 spiro atoms. The minimum atomic E-state index is -0.262. The fourth-order valence-electron chi connectivity index (χ4n) is 4.48. The average Bonchev–Trinajstić information content (AvgIpc) is 3.37. The Balaban J connectivity index is 1.56. The van der Waals surface area contributed by atoms with Gasteiger partial charge < -0.3 is 9.64 Å². The summed E-state index contributed by atoms with van der Waals surface area (Å²) in [4.78, 5) is 12.6. The van der Waals surface area contributed by atoms with E-state index in [0.29, 0.717) is 13.2 Å². The Morgan fingerprint density at radius 2 is 1.53 bits per heavy atom. The van der Waals surface area contributed by atoms with Crippen molar-refractivity contribution in [3.05, 3.63) is 108 Å². The van der Waals surface area contributed by atoms with Crippen molar-refractivity contribution < 1.29 is 9.13 Å². The predicted octanol–water partition coefficient (Wildman–Crippen LogP) is 7.18. The van der Waals surface area contributed by atoms with E-state index in [1.165, 1.54) is 28.9 Å². The highest BCUT2D eigenvalue weighted by Gasteiger charge is 2.22. The summed E-state index contributed by atoms with van der Waals surface area (Å²) >= 11 is 1.53. The molecule has 1 aliphatic rings. The van der Waals surface area contributed by atoms with Crippen LogP contribution >= 0.6 is 11.3 Å². The van der Waals surface area contributed by atoms with Crippen molar-refractivity contribution in [3.63, 3.8) is 0 Å².